The molecule has 0 aliphatic heterocycles. The molecule has 0 heterocycles. The van der Waals surface area contributed by atoms with Gasteiger partial charge in [-0.2, -0.15) is 0 Å². The average Bonchev–Trinajstić information content (AvgIpc) is 2.31. The lowest BCUT2D eigenvalue weighted by atomic mass is 10.1. The minimum absolute atomic E-state index is 0.0678. The van der Waals surface area contributed by atoms with Gasteiger partial charge in [0.15, 0.2) is 0 Å². The fourth-order valence-corrected chi connectivity index (χ4v) is 2.02. The Labute approximate surface area is 117 Å². The van der Waals surface area contributed by atoms with Gasteiger partial charge in [0.2, 0.25) is 0 Å². The summed E-state index contributed by atoms with van der Waals surface area (Å²) in [6.07, 6.45) is 4.81. The van der Waals surface area contributed by atoms with E-state index in [1.165, 1.54) is 9.13 Å². The van der Waals surface area contributed by atoms with Gasteiger partial charge in [-0.05, 0) is 66.5 Å². The van der Waals surface area contributed by atoms with Crippen LogP contribution >= 0.6 is 22.6 Å². The van der Waals surface area contributed by atoms with Crippen molar-refractivity contribution in [3.63, 3.8) is 0 Å². The van der Waals surface area contributed by atoms with Gasteiger partial charge in [0, 0.05) is 9.99 Å². The summed E-state index contributed by atoms with van der Waals surface area (Å²) < 4.78 is 6.15. The lowest BCUT2D eigenvalue weighted by Gasteiger charge is -2.03. The minimum Gasteiger partial charge on any atom is -0.466 e. The average molecular weight is 346 g/mol. The Morgan fingerprint density at radius 1 is 1.18 bits per heavy atom. The van der Waals surface area contributed by atoms with E-state index in [9.17, 15) is 4.79 Å². The Morgan fingerprint density at radius 3 is 2.53 bits per heavy atom. The molecule has 0 N–H and O–H groups in total. The molecule has 0 atom stereocenters. The van der Waals surface area contributed by atoms with Crippen molar-refractivity contribution in [2.75, 3.05) is 6.61 Å². The van der Waals surface area contributed by atoms with E-state index in [4.69, 9.17) is 4.74 Å². The van der Waals surface area contributed by atoms with Crippen LogP contribution in [0.3, 0.4) is 0 Å². The third-order valence-corrected chi connectivity index (χ3v) is 3.28. The molecule has 3 heteroatoms. The van der Waals surface area contributed by atoms with Crippen LogP contribution in [0.2, 0.25) is 0 Å². The number of ether oxygens (including phenoxy) is 1. The Hall–Kier alpha value is -0.580. The second kappa shape index (κ2) is 8.50. The van der Waals surface area contributed by atoms with Crippen LogP contribution < -0.4 is 0 Å². The maximum atomic E-state index is 11.1. The van der Waals surface area contributed by atoms with E-state index in [1.807, 2.05) is 6.92 Å². The molecule has 0 aliphatic carbocycles. The summed E-state index contributed by atoms with van der Waals surface area (Å²) in [6.45, 7) is 2.33. The first-order valence-electron chi connectivity index (χ1n) is 6.12. The van der Waals surface area contributed by atoms with Crippen LogP contribution in [-0.4, -0.2) is 12.6 Å². The van der Waals surface area contributed by atoms with E-state index in [2.05, 4.69) is 46.9 Å². The molecule has 0 amide bonds. The second-order valence-corrected chi connectivity index (χ2v) is 5.24. The molecule has 0 saturated heterocycles. The standard InChI is InChI=1S/C14H19IO2/c1-2-17-14(16)7-5-3-4-6-12-8-10-13(15)11-9-12/h8-11H,2-7H2,1H3. The zero-order valence-electron chi connectivity index (χ0n) is 10.2. The molecule has 0 spiro atoms. The van der Waals surface area contributed by atoms with Crippen molar-refractivity contribution in [3.8, 4) is 0 Å². The Balaban J connectivity index is 2.08. The topological polar surface area (TPSA) is 26.3 Å². The second-order valence-electron chi connectivity index (χ2n) is 3.99. The van der Waals surface area contributed by atoms with Gasteiger partial charge < -0.3 is 4.74 Å². The monoisotopic (exact) mass is 346 g/mol. The predicted octanol–water partition coefficient (Wildman–Crippen LogP) is 3.96. The van der Waals surface area contributed by atoms with Crippen molar-refractivity contribution in [3.05, 3.63) is 33.4 Å². The van der Waals surface area contributed by atoms with Gasteiger partial charge in [0.05, 0.1) is 6.61 Å². The summed E-state index contributed by atoms with van der Waals surface area (Å²) in [5.74, 6) is -0.0678. The van der Waals surface area contributed by atoms with Crippen molar-refractivity contribution < 1.29 is 9.53 Å². The molecule has 0 unspecified atom stereocenters. The number of carbonyl (C=O) groups is 1. The molecule has 17 heavy (non-hydrogen) atoms. The highest BCUT2D eigenvalue weighted by Gasteiger charge is 2.00. The maximum Gasteiger partial charge on any atom is 0.305 e. The lowest BCUT2D eigenvalue weighted by Crippen LogP contribution is -2.03. The molecule has 0 radical (unpaired) electrons. The third kappa shape index (κ3) is 6.66. The molecular weight excluding hydrogens is 327 g/mol. The van der Waals surface area contributed by atoms with Crippen LogP contribution in [0.15, 0.2) is 24.3 Å². The van der Waals surface area contributed by atoms with E-state index in [1.54, 1.807) is 0 Å². The number of rotatable bonds is 7. The van der Waals surface area contributed by atoms with Crippen LogP contribution in [0.1, 0.15) is 38.2 Å². The van der Waals surface area contributed by atoms with E-state index in [-0.39, 0.29) is 5.97 Å². The van der Waals surface area contributed by atoms with Gasteiger partial charge in [-0.25, -0.2) is 0 Å². The normalized spacial score (nSPS) is 10.2. The van der Waals surface area contributed by atoms with Crippen molar-refractivity contribution in [2.24, 2.45) is 0 Å². The molecule has 0 fully saturated rings. The molecule has 1 aromatic rings. The molecule has 94 valence electrons. The quantitative estimate of drug-likeness (QED) is 0.424. The smallest absolute Gasteiger partial charge is 0.305 e. The van der Waals surface area contributed by atoms with Gasteiger partial charge in [0.1, 0.15) is 0 Å². The maximum absolute atomic E-state index is 11.1. The van der Waals surface area contributed by atoms with Crippen LogP contribution in [0, 0.1) is 3.57 Å². The van der Waals surface area contributed by atoms with Crippen LogP contribution in [0.4, 0.5) is 0 Å². The molecule has 0 saturated carbocycles. The molecule has 1 rings (SSSR count). The summed E-state index contributed by atoms with van der Waals surface area (Å²) in [5.41, 5.74) is 1.38. The highest BCUT2D eigenvalue weighted by Crippen LogP contribution is 2.11. The number of unbranched alkanes of at least 4 members (excludes halogenated alkanes) is 2. The van der Waals surface area contributed by atoms with Gasteiger partial charge >= 0.3 is 5.97 Å². The number of benzene rings is 1. The SMILES string of the molecule is CCOC(=O)CCCCCc1ccc(I)cc1. The highest BCUT2D eigenvalue weighted by molar-refractivity contribution is 14.1. The predicted molar refractivity (Wildman–Crippen MR) is 78.0 cm³/mol. The van der Waals surface area contributed by atoms with E-state index in [0.29, 0.717) is 13.0 Å². The summed E-state index contributed by atoms with van der Waals surface area (Å²) >= 11 is 2.31. The van der Waals surface area contributed by atoms with Crippen LogP contribution in [0.5, 0.6) is 0 Å². The highest BCUT2D eigenvalue weighted by atomic mass is 127. The number of halogens is 1. The molecule has 0 aliphatic rings. The van der Waals surface area contributed by atoms with Gasteiger partial charge in [-0.3, -0.25) is 4.79 Å². The van der Waals surface area contributed by atoms with Crippen molar-refractivity contribution in [1.29, 1.82) is 0 Å². The molecule has 0 aromatic heterocycles. The van der Waals surface area contributed by atoms with Gasteiger partial charge in [-0.15, -0.1) is 0 Å². The Bertz CT molecular complexity index is 333. The summed E-state index contributed by atoms with van der Waals surface area (Å²) in [6, 6.07) is 8.61. The number of aryl methyl sites for hydroxylation is 1. The first kappa shape index (κ1) is 14.5. The first-order valence-corrected chi connectivity index (χ1v) is 7.20. The number of hydrogen-bond acceptors (Lipinski definition) is 2. The summed E-state index contributed by atoms with van der Waals surface area (Å²) in [7, 11) is 0. The molecule has 1 aromatic carbocycles. The summed E-state index contributed by atoms with van der Waals surface area (Å²) in [4.78, 5) is 11.1. The zero-order valence-corrected chi connectivity index (χ0v) is 12.4. The van der Waals surface area contributed by atoms with Crippen LogP contribution in [0.25, 0.3) is 0 Å². The first-order chi connectivity index (χ1) is 8.22. The lowest BCUT2D eigenvalue weighted by molar-refractivity contribution is -0.143. The largest absolute Gasteiger partial charge is 0.466 e. The van der Waals surface area contributed by atoms with Gasteiger partial charge in [0.25, 0.3) is 0 Å². The summed E-state index contributed by atoms with van der Waals surface area (Å²) in [5, 5.41) is 0. The molecule has 2 nitrogen and oxygen atoms in total. The third-order valence-electron chi connectivity index (χ3n) is 2.56. The fraction of sp³-hybridized carbons (Fsp3) is 0.500. The van der Waals surface area contributed by atoms with Crippen molar-refractivity contribution >= 4 is 28.6 Å². The number of carbonyl (C=O) groups excluding carboxylic acids is 1. The van der Waals surface area contributed by atoms with E-state index in [0.717, 1.165) is 25.7 Å². The Kier molecular flexibility index (Phi) is 7.24. The molecular formula is C14H19IO2. The zero-order chi connectivity index (χ0) is 12.5. The van der Waals surface area contributed by atoms with Crippen molar-refractivity contribution in [1.82, 2.24) is 0 Å². The number of esters is 1. The van der Waals surface area contributed by atoms with E-state index >= 15 is 0 Å². The fourth-order valence-electron chi connectivity index (χ4n) is 1.66. The minimum atomic E-state index is -0.0678. The van der Waals surface area contributed by atoms with Gasteiger partial charge in [-0.1, -0.05) is 18.6 Å². The van der Waals surface area contributed by atoms with Crippen molar-refractivity contribution in [2.45, 2.75) is 39.0 Å². The molecule has 0 bridgehead atoms. The Morgan fingerprint density at radius 2 is 1.88 bits per heavy atom. The van der Waals surface area contributed by atoms with E-state index < -0.39 is 0 Å². The van der Waals surface area contributed by atoms with Crippen LogP contribution in [-0.2, 0) is 16.0 Å². The number of hydrogen-bond donors (Lipinski definition) is 0.